The van der Waals surface area contributed by atoms with Crippen molar-refractivity contribution in [1.29, 1.82) is 0 Å². The van der Waals surface area contributed by atoms with Crippen molar-refractivity contribution in [2.75, 3.05) is 13.1 Å². The fourth-order valence-electron chi connectivity index (χ4n) is 2.60. The maximum absolute atomic E-state index is 12.5. The van der Waals surface area contributed by atoms with E-state index in [2.05, 4.69) is 5.32 Å². The number of nitrogens with zero attached hydrogens (tertiary/aromatic N) is 2. The number of aromatic nitrogens is 1. The molecule has 0 aliphatic carbocycles. The third kappa shape index (κ3) is 3.15. The Balaban J connectivity index is 2.23. The van der Waals surface area contributed by atoms with Gasteiger partial charge in [-0.25, -0.2) is 0 Å². The fourth-order valence-corrected chi connectivity index (χ4v) is 2.60. The van der Waals surface area contributed by atoms with Crippen LogP contribution in [0.15, 0.2) is 18.3 Å². The Labute approximate surface area is 115 Å². The number of rotatable bonds is 2. The monoisotopic (exact) mass is 289 g/mol. The first-order chi connectivity index (χ1) is 9.29. The van der Waals surface area contributed by atoms with E-state index in [1.807, 2.05) is 13.8 Å². The Kier molecular flexibility index (Phi) is 4.08. The third-order valence-electron chi connectivity index (χ3n) is 3.46. The predicted octanol–water partition coefficient (Wildman–Crippen LogP) is 1.87. The molecule has 0 radical (unpaired) electrons. The van der Waals surface area contributed by atoms with Gasteiger partial charge in [-0.3, -0.25) is 4.79 Å². The Hall–Kier alpha value is -1.50. The van der Waals surface area contributed by atoms with Crippen LogP contribution in [0.4, 0.5) is 13.2 Å². The quantitative estimate of drug-likeness (QED) is 0.902. The highest BCUT2D eigenvalue weighted by Crippen LogP contribution is 2.21. The van der Waals surface area contributed by atoms with Crippen molar-refractivity contribution < 1.29 is 18.0 Å². The van der Waals surface area contributed by atoms with E-state index in [-0.39, 0.29) is 23.7 Å². The van der Waals surface area contributed by atoms with Gasteiger partial charge in [-0.2, -0.15) is 13.2 Å². The Morgan fingerprint density at radius 3 is 2.50 bits per heavy atom. The van der Waals surface area contributed by atoms with E-state index in [4.69, 9.17) is 0 Å². The third-order valence-corrected chi connectivity index (χ3v) is 3.46. The molecule has 4 nitrogen and oxygen atoms in total. The lowest BCUT2D eigenvalue weighted by Gasteiger charge is -2.39. The first kappa shape index (κ1) is 14.9. The average molecular weight is 289 g/mol. The molecule has 2 heterocycles. The van der Waals surface area contributed by atoms with E-state index < -0.39 is 12.7 Å². The lowest BCUT2D eigenvalue weighted by atomic mass is 10.1. The smallest absolute Gasteiger partial charge is 0.334 e. The van der Waals surface area contributed by atoms with Crippen molar-refractivity contribution in [2.45, 2.75) is 38.7 Å². The number of alkyl halides is 3. The second kappa shape index (κ2) is 5.47. The summed E-state index contributed by atoms with van der Waals surface area (Å²) in [7, 11) is 0. The number of amides is 1. The maximum Gasteiger partial charge on any atom is 0.406 e. The molecule has 1 aliphatic rings. The fraction of sp³-hybridized carbons (Fsp3) is 0.615. The molecule has 1 aromatic rings. The van der Waals surface area contributed by atoms with Gasteiger partial charge in [0.25, 0.3) is 5.91 Å². The molecule has 1 N–H and O–H groups in total. The van der Waals surface area contributed by atoms with Crippen LogP contribution >= 0.6 is 0 Å². The summed E-state index contributed by atoms with van der Waals surface area (Å²) in [6.07, 6.45) is -3.05. The molecule has 0 spiro atoms. The summed E-state index contributed by atoms with van der Waals surface area (Å²) in [5.74, 6) is -0.347. The van der Waals surface area contributed by atoms with Crippen LogP contribution in [-0.4, -0.2) is 46.7 Å². The highest BCUT2D eigenvalue weighted by atomic mass is 19.4. The van der Waals surface area contributed by atoms with E-state index in [9.17, 15) is 18.0 Å². The molecule has 0 bridgehead atoms. The van der Waals surface area contributed by atoms with Crippen molar-refractivity contribution in [3.8, 4) is 0 Å². The summed E-state index contributed by atoms with van der Waals surface area (Å²) >= 11 is 0. The molecule has 112 valence electrons. The summed E-state index contributed by atoms with van der Waals surface area (Å²) in [4.78, 5) is 14.1. The van der Waals surface area contributed by atoms with Gasteiger partial charge < -0.3 is 14.8 Å². The molecule has 0 aromatic carbocycles. The average Bonchev–Trinajstić information content (AvgIpc) is 2.74. The van der Waals surface area contributed by atoms with Crippen LogP contribution in [0.25, 0.3) is 0 Å². The van der Waals surface area contributed by atoms with Crippen molar-refractivity contribution in [3.05, 3.63) is 24.0 Å². The Bertz CT molecular complexity index is 473. The maximum atomic E-state index is 12.5. The van der Waals surface area contributed by atoms with Crippen LogP contribution < -0.4 is 5.32 Å². The van der Waals surface area contributed by atoms with E-state index in [1.54, 1.807) is 4.90 Å². The molecule has 1 aromatic heterocycles. The van der Waals surface area contributed by atoms with Gasteiger partial charge in [-0.05, 0) is 26.0 Å². The number of carbonyl (C=O) groups excluding carboxylic acids is 1. The molecule has 7 heteroatoms. The molecule has 2 unspecified atom stereocenters. The second-order valence-electron chi connectivity index (χ2n) is 5.21. The van der Waals surface area contributed by atoms with Gasteiger partial charge in [0.05, 0.1) is 0 Å². The van der Waals surface area contributed by atoms with Crippen molar-refractivity contribution in [1.82, 2.24) is 14.8 Å². The normalized spacial score (nSPS) is 23.9. The number of nitrogens with one attached hydrogen (secondary N) is 1. The Morgan fingerprint density at radius 1 is 1.35 bits per heavy atom. The molecule has 0 saturated carbocycles. The van der Waals surface area contributed by atoms with Crippen LogP contribution in [0.1, 0.15) is 24.3 Å². The number of piperazine rings is 1. The summed E-state index contributed by atoms with van der Waals surface area (Å²) in [6.45, 7) is 3.93. The van der Waals surface area contributed by atoms with Crippen molar-refractivity contribution >= 4 is 5.91 Å². The lowest BCUT2D eigenvalue weighted by molar-refractivity contribution is -0.140. The molecular formula is C13H18F3N3O. The molecule has 2 rings (SSSR count). The standard InChI is InChI=1S/C13H18F3N3O/c1-9-6-17-7-10(2)19(9)12(20)11-4-3-5-18(11)8-13(14,15)16/h3-5,9-10,17H,6-8H2,1-2H3. The zero-order valence-corrected chi connectivity index (χ0v) is 11.4. The molecule has 1 fully saturated rings. The Morgan fingerprint density at radius 2 is 1.95 bits per heavy atom. The van der Waals surface area contributed by atoms with E-state index in [0.717, 1.165) is 4.57 Å². The van der Waals surface area contributed by atoms with E-state index >= 15 is 0 Å². The zero-order valence-electron chi connectivity index (χ0n) is 11.4. The molecular weight excluding hydrogens is 271 g/mol. The predicted molar refractivity (Wildman–Crippen MR) is 68.5 cm³/mol. The molecule has 2 atom stereocenters. The van der Waals surface area contributed by atoms with Crippen molar-refractivity contribution in [2.24, 2.45) is 0 Å². The van der Waals surface area contributed by atoms with Gasteiger partial charge in [-0.1, -0.05) is 0 Å². The zero-order chi connectivity index (χ0) is 14.9. The highest BCUT2D eigenvalue weighted by Gasteiger charge is 2.33. The second-order valence-corrected chi connectivity index (χ2v) is 5.21. The van der Waals surface area contributed by atoms with Crippen LogP contribution in [0.5, 0.6) is 0 Å². The first-order valence-electron chi connectivity index (χ1n) is 6.55. The van der Waals surface area contributed by atoms with Gasteiger partial charge in [0.1, 0.15) is 12.2 Å². The minimum atomic E-state index is -4.34. The minimum absolute atomic E-state index is 0.0412. The summed E-state index contributed by atoms with van der Waals surface area (Å²) in [5, 5.41) is 3.19. The van der Waals surface area contributed by atoms with Crippen LogP contribution in [0.3, 0.4) is 0 Å². The summed E-state index contributed by atoms with van der Waals surface area (Å²) in [5.41, 5.74) is 0.0860. The highest BCUT2D eigenvalue weighted by molar-refractivity contribution is 5.93. The molecule has 1 aliphatic heterocycles. The number of hydrogen-bond acceptors (Lipinski definition) is 2. The SMILES string of the molecule is CC1CNCC(C)N1C(=O)c1cccn1CC(F)(F)F. The summed E-state index contributed by atoms with van der Waals surface area (Å²) in [6, 6.07) is 2.83. The van der Waals surface area contributed by atoms with Crippen LogP contribution in [0.2, 0.25) is 0 Å². The lowest BCUT2D eigenvalue weighted by Crippen LogP contribution is -2.57. The largest absolute Gasteiger partial charge is 0.406 e. The van der Waals surface area contributed by atoms with Gasteiger partial charge in [0.15, 0.2) is 0 Å². The number of hydrogen-bond donors (Lipinski definition) is 1. The number of carbonyl (C=O) groups is 1. The minimum Gasteiger partial charge on any atom is -0.334 e. The molecule has 1 amide bonds. The van der Waals surface area contributed by atoms with E-state index in [1.165, 1.54) is 18.3 Å². The summed E-state index contributed by atoms with van der Waals surface area (Å²) < 4.78 is 38.5. The molecule has 20 heavy (non-hydrogen) atoms. The first-order valence-corrected chi connectivity index (χ1v) is 6.55. The number of halogens is 3. The van der Waals surface area contributed by atoms with Gasteiger partial charge >= 0.3 is 6.18 Å². The van der Waals surface area contributed by atoms with E-state index in [0.29, 0.717) is 13.1 Å². The van der Waals surface area contributed by atoms with Gasteiger partial charge in [0, 0.05) is 31.4 Å². The van der Waals surface area contributed by atoms with Crippen LogP contribution in [0, 0.1) is 0 Å². The van der Waals surface area contributed by atoms with Crippen LogP contribution in [-0.2, 0) is 6.54 Å². The molecule has 1 saturated heterocycles. The van der Waals surface area contributed by atoms with Gasteiger partial charge in [-0.15, -0.1) is 0 Å². The van der Waals surface area contributed by atoms with Crippen molar-refractivity contribution in [3.63, 3.8) is 0 Å². The topological polar surface area (TPSA) is 37.3 Å². The van der Waals surface area contributed by atoms with Gasteiger partial charge in [0.2, 0.25) is 0 Å².